The first-order chi connectivity index (χ1) is 9.16. The van der Waals surface area contributed by atoms with Gasteiger partial charge >= 0.3 is 0 Å². The van der Waals surface area contributed by atoms with Gasteiger partial charge in [0.1, 0.15) is 0 Å². The van der Waals surface area contributed by atoms with E-state index in [2.05, 4.69) is 10.6 Å². The zero-order valence-electron chi connectivity index (χ0n) is 10.4. The number of thioether (sulfide) groups is 1. The van der Waals surface area contributed by atoms with E-state index in [9.17, 15) is 13.6 Å². The SMILES string of the molecule is O=C(Nc1ccccc1SC(F)F)[C@@H]1CCCCN1. The highest BCUT2D eigenvalue weighted by Crippen LogP contribution is 2.31. The molecule has 2 rings (SSSR count). The van der Waals surface area contributed by atoms with Crippen LogP contribution in [0.3, 0.4) is 0 Å². The Morgan fingerprint density at radius 2 is 2.16 bits per heavy atom. The third-order valence-corrected chi connectivity index (χ3v) is 3.78. The molecule has 3 nitrogen and oxygen atoms in total. The molecule has 0 unspecified atom stereocenters. The number of nitrogens with one attached hydrogen (secondary N) is 2. The van der Waals surface area contributed by atoms with Gasteiger partial charge in [-0.2, -0.15) is 8.78 Å². The molecule has 1 fully saturated rings. The number of para-hydroxylation sites is 1. The average Bonchev–Trinajstić information content (AvgIpc) is 2.41. The van der Waals surface area contributed by atoms with Crippen molar-refractivity contribution in [2.75, 3.05) is 11.9 Å². The monoisotopic (exact) mass is 286 g/mol. The number of alkyl halides is 2. The number of rotatable bonds is 4. The van der Waals surface area contributed by atoms with Crippen LogP contribution in [-0.4, -0.2) is 24.3 Å². The second-order valence-electron chi connectivity index (χ2n) is 4.37. The fraction of sp³-hybridized carbons (Fsp3) is 0.462. The lowest BCUT2D eigenvalue weighted by atomic mass is 10.0. The van der Waals surface area contributed by atoms with Crippen molar-refractivity contribution in [3.05, 3.63) is 24.3 Å². The highest BCUT2D eigenvalue weighted by Gasteiger charge is 2.21. The Morgan fingerprint density at radius 3 is 2.84 bits per heavy atom. The molecule has 1 aliphatic rings. The Labute approximate surface area is 115 Å². The molecule has 0 radical (unpaired) electrons. The molecule has 0 spiro atoms. The predicted octanol–water partition coefficient (Wildman–Crippen LogP) is 3.08. The van der Waals surface area contributed by atoms with Gasteiger partial charge in [0.15, 0.2) is 0 Å². The van der Waals surface area contributed by atoms with Gasteiger partial charge in [-0.3, -0.25) is 4.79 Å². The number of carbonyl (C=O) groups is 1. The number of benzene rings is 1. The number of anilines is 1. The summed E-state index contributed by atoms with van der Waals surface area (Å²) in [5.74, 6) is -2.65. The standard InChI is InChI=1S/C13H16F2N2OS/c14-13(15)19-11-7-2-1-5-9(11)17-12(18)10-6-3-4-8-16-10/h1-2,5,7,10,13,16H,3-4,6,8H2,(H,17,18)/t10-/m0/s1. The summed E-state index contributed by atoms with van der Waals surface area (Å²) in [4.78, 5) is 12.4. The summed E-state index contributed by atoms with van der Waals surface area (Å²) >= 11 is 0.445. The minimum absolute atomic E-state index is 0.151. The third kappa shape index (κ3) is 4.18. The number of hydrogen-bond acceptors (Lipinski definition) is 3. The van der Waals surface area contributed by atoms with Crippen molar-refractivity contribution in [1.29, 1.82) is 0 Å². The van der Waals surface area contributed by atoms with E-state index in [0.717, 1.165) is 25.8 Å². The smallest absolute Gasteiger partial charge is 0.288 e. The van der Waals surface area contributed by atoms with Crippen LogP contribution in [0.5, 0.6) is 0 Å². The lowest BCUT2D eigenvalue weighted by Crippen LogP contribution is -2.43. The van der Waals surface area contributed by atoms with Crippen molar-refractivity contribution in [3.63, 3.8) is 0 Å². The number of carbonyl (C=O) groups excluding carboxylic acids is 1. The Morgan fingerprint density at radius 1 is 1.37 bits per heavy atom. The van der Waals surface area contributed by atoms with Gasteiger partial charge in [-0.15, -0.1) is 0 Å². The van der Waals surface area contributed by atoms with Crippen LogP contribution < -0.4 is 10.6 Å². The molecule has 1 aromatic carbocycles. The molecular weight excluding hydrogens is 270 g/mol. The number of amides is 1. The van der Waals surface area contributed by atoms with Crippen molar-refractivity contribution in [2.24, 2.45) is 0 Å². The lowest BCUT2D eigenvalue weighted by molar-refractivity contribution is -0.118. The summed E-state index contributed by atoms with van der Waals surface area (Å²) in [5.41, 5.74) is 0.449. The van der Waals surface area contributed by atoms with Crippen molar-refractivity contribution in [3.8, 4) is 0 Å². The molecule has 2 N–H and O–H groups in total. The van der Waals surface area contributed by atoms with Gasteiger partial charge < -0.3 is 10.6 Å². The van der Waals surface area contributed by atoms with E-state index in [1.807, 2.05) is 0 Å². The molecule has 1 aliphatic heterocycles. The lowest BCUT2D eigenvalue weighted by Gasteiger charge is -2.23. The van der Waals surface area contributed by atoms with E-state index in [-0.39, 0.29) is 11.9 Å². The summed E-state index contributed by atoms with van der Waals surface area (Å²) in [7, 11) is 0. The van der Waals surface area contributed by atoms with E-state index in [1.54, 1.807) is 24.3 Å². The summed E-state index contributed by atoms with van der Waals surface area (Å²) in [6.45, 7) is 0.825. The Balaban J connectivity index is 2.03. The zero-order valence-corrected chi connectivity index (χ0v) is 11.2. The second kappa shape index (κ2) is 6.86. The van der Waals surface area contributed by atoms with Crippen LogP contribution >= 0.6 is 11.8 Å². The number of hydrogen-bond donors (Lipinski definition) is 2. The maximum atomic E-state index is 12.4. The Bertz CT molecular complexity index is 436. The molecule has 0 aliphatic carbocycles. The van der Waals surface area contributed by atoms with E-state index in [0.29, 0.717) is 22.3 Å². The Hall–Kier alpha value is -1.14. The van der Waals surface area contributed by atoms with Crippen molar-refractivity contribution in [2.45, 2.75) is 36.0 Å². The van der Waals surface area contributed by atoms with Crippen molar-refractivity contribution >= 4 is 23.4 Å². The molecule has 1 aromatic rings. The summed E-state index contributed by atoms with van der Waals surface area (Å²) in [6.07, 6.45) is 2.87. The zero-order chi connectivity index (χ0) is 13.7. The van der Waals surface area contributed by atoms with Crippen LogP contribution in [-0.2, 0) is 4.79 Å². The van der Waals surface area contributed by atoms with Crippen LogP contribution in [0.25, 0.3) is 0 Å². The fourth-order valence-corrected chi connectivity index (χ4v) is 2.66. The topological polar surface area (TPSA) is 41.1 Å². The molecule has 1 atom stereocenters. The van der Waals surface area contributed by atoms with Crippen LogP contribution in [0, 0.1) is 0 Å². The number of piperidine rings is 1. The number of halogens is 2. The molecular formula is C13H16F2N2OS. The largest absolute Gasteiger partial charge is 0.324 e. The van der Waals surface area contributed by atoms with Crippen LogP contribution in [0.1, 0.15) is 19.3 Å². The molecule has 0 bridgehead atoms. The quantitative estimate of drug-likeness (QED) is 0.836. The van der Waals surface area contributed by atoms with Gasteiger partial charge in [-0.05, 0) is 31.5 Å². The molecule has 0 aromatic heterocycles. The fourth-order valence-electron chi connectivity index (χ4n) is 2.06. The summed E-state index contributed by atoms with van der Waals surface area (Å²) in [6, 6.07) is 6.41. The maximum Gasteiger partial charge on any atom is 0.288 e. The molecule has 1 saturated heterocycles. The Kier molecular flexibility index (Phi) is 5.15. The highest BCUT2D eigenvalue weighted by atomic mass is 32.2. The van der Waals surface area contributed by atoms with Crippen LogP contribution in [0.15, 0.2) is 29.2 Å². The average molecular weight is 286 g/mol. The van der Waals surface area contributed by atoms with E-state index < -0.39 is 5.76 Å². The van der Waals surface area contributed by atoms with Gasteiger partial charge in [-0.1, -0.05) is 30.3 Å². The first-order valence-corrected chi connectivity index (χ1v) is 7.13. The van der Waals surface area contributed by atoms with Crippen LogP contribution in [0.2, 0.25) is 0 Å². The van der Waals surface area contributed by atoms with Crippen molar-refractivity contribution < 1.29 is 13.6 Å². The van der Waals surface area contributed by atoms with E-state index in [1.165, 1.54) is 0 Å². The molecule has 104 valence electrons. The van der Waals surface area contributed by atoms with E-state index in [4.69, 9.17) is 0 Å². The van der Waals surface area contributed by atoms with Gasteiger partial charge in [0, 0.05) is 4.90 Å². The normalized spacial score (nSPS) is 19.4. The molecule has 6 heteroatoms. The predicted molar refractivity (Wildman–Crippen MR) is 72.6 cm³/mol. The summed E-state index contributed by atoms with van der Waals surface area (Å²) < 4.78 is 24.9. The third-order valence-electron chi connectivity index (χ3n) is 2.99. The van der Waals surface area contributed by atoms with Gasteiger partial charge in [0.05, 0.1) is 11.7 Å². The van der Waals surface area contributed by atoms with E-state index >= 15 is 0 Å². The first-order valence-electron chi connectivity index (χ1n) is 6.25. The minimum Gasteiger partial charge on any atom is -0.324 e. The van der Waals surface area contributed by atoms with Gasteiger partial charge in [0.2, 0.25) is 5.91 Å². The van der Waals surface area contributed by atoms with Gasteiger partial charge in [0.25, 0.3) is 5.76 Å². The first kappa shape index (κ1) is 14.3. The van der Waals surface area contributed by atoms with Gasteiger partial charge in [-0.25, -0.2) is 0 Å². The molecule has 0 saturated carbocycles. The summed E-state index contributed by atoms with van der Waals surface area (Å²) in [5, 5.41) is 5.86. The second-order valence-corrected chi connectivity index (χ2v) is 5.40. The molecule has 1 heterocycles. The highest BCUT2D eigenvalue weighted by molar-refractivity contribution is 7.99. The molecule has 19 heavy (non-hydrogen) atoms. The van der Waals surface area contributed by atoms with Crippen molar-refractivity contribution in [1.82, 2.24) is 5.32 Å². The minimum atomic E-state index is -2.49. The van der Waals surface area contributed by atoms with Crippen LogP contribution in [0.4, 0.5) is 14.5 Å². The molecule has 1 amide bonds. The maximum absolute atomic E-state index is 12.4.